The number of carbonyl (C=O) groups excluding carboxylic acids is 2. The van der Waals surface area contributed by atoms with Crippen molar-refractivity contribution < 1.29 is 9.59 Å². The minimum Gasteiger partial charge on any atom is -0.352 e. The lowest BCUT2D eigenvalue weighted by molar-refractivity contribution is -0.126. The van der Waals surface area contributed by atoms with Crippen LogP contribution in [0.2, 0.25) is 0 Å². The standard InChI is InChI=1S/C15H14BrN3O2/c16-12-1-3-13(4-2-12)19-15(21)9-14(20)18-10-11-5-7-17-8-6-11/h1-8H,9-10H2,(H,18,20)(H,19,21). The van der Waals surface area contributed by atoms with Gasteiger partial charge < -0.3 is 10.6 Å². The van der Waals surface area contributed by atoms with Crippen molar-refractivity contribution in [1.29, 1.82) is 0 Å². The van der Waals surface area contributed by atoms with Crippen LogP contribution in [0.25, 0.3) is 0 Å². The molecule has 0 fully saturated rings. The summed E-state index contributed by atoms with van der Waals surface area (Å²) in [6.45, 7) is 0.382. The number of rotatable bonds is 5. The van der Waals surface area contributed by atoms with Crippen molar-refractivity contribution in [2.45, 2.75) is 13.0 Å². The fraction of sp³-hybridized carbons (Fsp3) is 0.133. The van der Waals surface area contributed by atoms with E-state index in [-0.39, 0.29) is 18.2 Å². The molecule has 0 atom stereocenters. The average Bonchev–Trinajstić information content (AvgIpc) is 2.48. The van der Waals surface area contributed by atoms with Gasteiger partial charge in [-0.15, -0.1) is 0 Å². The van der Waals surface area contributed by atoms with Crippen molar-refractivity contribution >= 4 is 33.4 Å². The normalized spacial score (nSPS) is 9.95. The van der Waals surface area contributed by atoms with Crippen molar-refractivity contribution in [3.05, 3.63) is 58.8 Å². The van der Waals surface area contributed by atoms with E-state index >= 15 is 0 Å². The number of halogens is 1. The summed E-state index contributed by atoms with van der Waals surface area (Å²) in [4.78, 5) is 27.3. The van der Waals surface area contributed by atoms with Crippen molar-refractivity contribution in [3.63, 3.8) is 0 Å². The van der Waals surface area contributed by atoms with E-state index in [2.05, 4.69) is 31.5 Å². The number of nitrogens with zero attached hydrogens (tertiary/aromatic N) is 1. The van der Waals surface area contributed by atoms with Gasteiger partial charge >= 0.3 is 0 Å². The first-order valence-electron chi connectivity index (χ1n) is 6.34. The number of benzene rings is 1. The van der Waals surface area contributed by atoms with Crippen LogP contribution in [0, 0.1) is 0 Å². The topological polar surface area (TPSA) is 71.1 Å². The predicted molar refractivity (Wildman–Crippen MR) is 83.5 cm³/mol. The average molecular weight is 348 g/mol. The summed E-state index contributed by atoms with van der Waals surface area (Å²) in [5.41, 5.74) is 1.59. The van der Waals surface area contributed by atoms with Gasteiger partial charge in [0, 0.05) is 29.1 Å². The summed E-state index contributed by atoms with van der Waals surface area (Å²) in [6, 6.07) is 10.8. The number of hydrogen-bond donors (Lipinski definition) is 2. The molecule has 0 spiro atoms. The number of carbonyl (C=O) groups is 2. The van der Waals surface area contributed by atoms with E-state index in [9.17, 15) is 9.59 Å². The molecule has 0 bridgehead atoms. The molecule has 2 aromatic rings. The van der Waals surface area contributed by atoms with E-state index in [1.807, 2.05) is 24.3 Å². The number of hydrogen-bond acceptors (Lipinski definition) is 3. The highest BCUT2D eigenvalue weighted by Gasteiger charge is 2.09. The molecule has 6 heteroatoms. The minimum absolute atomic E-state index is 0.207. The highest BCUT2D eigenvalue weighted by atomic mass is 79.9. The Balaban J connectivity index is 1.77. The Bertz CT molecular complexity index is 615. The van der Waals surface area contributed by atoms with Crippen LogP contribution in [0.4, 0.5) is 5.69 Å². The Kier molecular flexibility index (Phi) is 5.45. The number of nitrogens with one attached hydrogen (secondary N) is 2. The van der Waals surface area contributed by atoms with Gasteiger partial charge in [0.1, 0.15) is 6.42 Å². The summed E-state index contributed by atoms with van der Waals surface area (Å²) in [6.07, 6.45) is 3.10. The fourth-order valence-electron chi connectivity index (χ4n) is 1.65. The second kappa shape index (κ2) is 7.54. The Morgan fingerprint density at radius 2 is 1.67 bits per heavy atom. The molecule has 0 unspecified atom stereocenters. The third-order valence-corrected chi connectivity index (χ3v) is 3.22. The lowest BCUT2D eigenvalue weighted by Crippen LogP contribution is -2.27. The number of anilines is 1. The molecule has 1 aromatic carbocycles. The van der Waals surface area contributed by atoms with E-state index in [1.54, 1.807) is 24.5 Å². The molecule has 0 aliphatic carbocycles. The third-order valence-electron chi connectivity index (χ3n) is 2.69. The molecule has 2 N–H and O–H groups in total. The fourth-order valence-corrected chi connectivity index (χ4v) is 1.91. The van der Waals surface area contributed by atoms with Crippen LogP contribution in [0.5, 0.6) is 0 Å². The molecule has 0 aliphatic heterocycles. The maximum atomic E-state index is 11.7. The molecule has 0 saturated carbocycles. The Labute approximate surface area is 130 Å². The zero-order valence-corrected chi connectivity index (χ0v) is 12.8. The number of pyridine rings is 1. The third kappa shape index (κ3) is 5.35. The van der Waals surface area contributed by atoms with Crippen LogP contribution in [-0.2, 0) is 16.1 Å². The quantitative estimate of drug-likeness (QED) is 0.816. The number of aromatic nitrogens is 1. The van der Waals surface area contributed by atoms with Crippen LogP contribution < -0.4 is 10.6 Å². The van der Waals surface area contributed by atoms with Gasteiger partial charge in [0.15, 0.2) is 0 Å². The van der Waals surface area contributed by atoms with Crippen molar-refractivity contribution in [1.82, 2.24) is 10.3 Å². The highest BCUT2D eigenvalue weighted by molar-refractivity contribution is 9.10. The minimum atomic E-state index is -0.343. The van der Waals surface area contributed by atoms with Gasteiger partial charge in [-0.3, -0.25) is 14.6 Å². The van der Waals surface area contributed by atoms with Gasteiger partial charge in [0.2, 0.25) is 11.8 Å². The zero-order chi connectivity index (χ0) is 15.1. The Morgan fingerprint density at radius 1 is 1.00 bits per heavy atom. The maximum Gasteiger partial charge on any atom is 0.233 e. The van der Waals surface area contributed by atoms with E-state index in [0.29, 0.717) is 12.2 Å². The number of amides is 2. The van der Waals surface area contributed by atoms with Gasteiger partial charge in [0.05, 0.1) is 0 Å². The lowest BCUT2D eigenvalue weighted by Gasteiger charge is -2.06. The van der Waals surface area contributed by atoms with Gasteiger partial charge in [-0.25, -0.2) is 0 Å². The van der Waals surface area contributed by atoms with Crippen LogP contribution in [0.15, 0.2) is 53.3 Å². The molecule has 2 amide bonds. The van der Waals surface area contributed by atoms with E-state index in [1.165, 1.54) is 0 Å². The first-order chi connectivity index (χ1) is 10.1. The maximum absolute atomic E-state index is 11.7. The summed E-state index contributed by atoms with van der Waals surface area (Å²) in [5, 5.41) is 5.36. The smallest absolute Gasteiger partial charge is 0.233 e. The second-order valence-corrected chi connectivity index (χ2v) is 5.28. The van der Waals surface area contributed by atoms with Gasteiger partial charge in [0.25, 0.3) is 0 Å². The van der Waals surface area contributed by atoms with Crippen LogP contribution in [-0.4, -0.2) is 16.8 Å². The van der Waals surface area contributed by atoms with Gasteiger partial charge in [-0.2, -0.15) is 0 Å². The lowest BCUT2D eigenvalue weighted by atomic mass is 10.2. The molecule has 108 valence electrons. The summed E-state index contributed by atoms with van der Waals surface area (Å²) in [5.74, 6) is -0.661. The largest absolute Gasteiger partial charge is 0.352 e. The molecular weight excluding hydrogens is 334 g/mol. The van der Waals surface area contributed by atoms with Crippen LogP contribution in [0.3, 0.4) is 0 Å². The van der Waals surface area contributed by atoms with Crippen LogP contribution in [0.1, 0.15) is 12.0 Å². The molecule has 1 aromatic heterocycles. The first-order valence-corrected chi connectivity index (χ1v) is 7.14. The van der Waals surface area contributed by atoms with Gasteiger partial charge in [-0.05, 0) is 42.0 Å². The summed E-state index contributed by atoms with van der Waals surface area (Å²) >= 11 is 3.31. The van der Waals surface area contributed by atoms with Crippen molar-refractivity contribution in [2.75, 3.05) is 5.32 Å². The molecular formula is C15H14BrN3O2. The highest BCUT2D eigenvalue weighted by Crippen LogP contribution is 2.14. The van der Waals surface area contributed by atoms with E-state index < -0.39 is 0 Å². The van der Waals surface area contributed by atoms with E-state index in [0.717, 1.165) is 10.0 Å². The molecule has 0 aliphatic rings. The monoisotopic (exact) mass is 347 g/mol. The SMILES string of the molecule is O=C(CC(=O)Nc1ccc(Br)cc1)NCc1ccncc1. The van der Waals surface area contributed by atoms with E-state index in [4.69, 9.17) is 0 Å². The predicted octanol–water partition coefficient (Wildman–Crippen LogP) is 2.49. The molecule has 0 radical (unpaired) electrons. The molecule has 21 heavy (non-hydrogen) atoms. The first kappa shape index (κ1) is 15.2. The summed E-state index contributed by atoms with van der Waals surface area (Å²) in [7, 11) is 0. The Hall–Kier alpha value is -2.21. The molecule has 1 heterocycles. The summed E-state index contributed by atoms with van der Waals surface area (Å²) < 4.78 is 0.926. The van der Waals surface area contributed by atoms with Crippen LogP contribution >= 0.6 is 15.9 Å². The molecule has 2 rings (SSSR count). The second-order valence-electron chi connectivity index (χ2n) is 4.36. The van der Waals surface area contributed by atoms with Gasteiger partial charge in [-0.1, -0.05) is 15.9 Å². The zero-order valence-electron chi connectivity index (χ0n) is 11.2. The van der Waals surface area contributed by atoms with Crippen molar-refractivity contribution in [2.24, 2.45) is 0 Å². The Morgan fingerprint density at radius 3 is 2.33 bits per heavy atom. The van der Waals surface area contributed by atoms with Crippen molar-refractivity contribution in [3.8, 4) is 0 Å². The molecule has 5 nitrogen and oxygen atoms in total. The molecule has 0 saturated heterocycles.